The van der Waals surface area contributed by atoms with Crippen LogP contribution < -0.4 is 14.8 Å². The van der Waals surface area contributed by atoms with E-state index in [0.29, 0.717) is 24.5 Å². The van der Waals surface area contributed by atoms with Crippen LogP contribution in [0.4, 0.5) is 0 Å². The zero-order chi connectivity index (χ0) is 19.1. The molecule has 1 amide bonds. The van der Waals surface area contributed by atoms with E-state index in [0.717, 1.165) is 16.9 Å². The normalized spacial score (nSPS) is 10.3. The topological polar surface area (TPSA) is 47.6 Å². The minimum atomic E-state index is -0.126. The Hall–Kier alpha value is -3.27. The van der Waals surface area contributed by atoms with Crippen molar-refractivity contribution in [1.82, 2.24) is 5.32 Å². The van der Waals surface area contributed by atoms with E-state index in [1.807, 2.05) is 67.6 Å². The maximum atomic E-state index is 12.5. The highest BCUT2D eigenvalue weighted by molar-refractivity contribution is 5.94. The number of para-hydroxylation sites is 1. The van der Waals surface area contributed by atoms with Crippen LogP contribution in [0.3, 0.4) is 0 Å². The lowest BCUT2D eigenvalue weighted by Crippen LogP contribution is -2.23. The summed E-state index contributed by atoms with van der Waals surface area (Å²) in [4.78, 5) is 12.5. The van der Waals surface area contributed by atoms with E-state index in [1.165, 1.54) is 5.56 Å². The van der Waals surface area contributed by atoms with E-state index in [4.69, 9.17) is 9.47 Å². The Labute approximate surface area is 159 Å². The molecule has 0 spiro atoms. The largest absolute Gasteiger partial charge is 0.496 e. The van der Waals surface area contributed by atoms with Crippen LogP contribution in [0.2, 0.25) is 0 Å². The van der Waals surface area contributed by atoms with E-state index >= 15 is 0 Å². The van der Waals surface area contributed by atoms with Gasteiger partial charge < -0.3 is 14.8 Å². The van der Waals surface area contributed by atoms with Crippen LogP contribution in [0, 0.1) is 6.92 Å². The molecule has 3 aromatic carbocycles. The molecule has 4 nitrogen and oxygen atoms in total. The highest BCUT2D eigenvalue weighted by Gasteiger charge is 2.11. The van der Waals surface area contributed by atoms with E-state index < -0.39 is 0 Å². The lowest BCUT2D eigenvalue weighted by atomic mass is 10.1. The van der Waals surface area contributed by atoms with Crippen molar-refractivity contribution in [2.24, 2.45) is 0 Å². The fourth-order valence-electron chi connectivity index (χ4n) is 2.70. The summed E-state index contributed by atoms with van der Waals surface area (Å²) in [5.74, 6) is 1.34. The number of amides is 1. The maximum Gasteiger partial charge on any atom is 0.251 e. The predicted octanol–water partition coefficient (Wildman–Crippen LogP) is 4.51. The molecule has 138 valence electrons. The minimum Gasteiger partial charge on any atom is -0.496 e. The molecule has 0 aromatic heterocycles. The van der Waals surface area contributed by atoms with Crippen molar-refractivity contribution in [3.05, 3.63) is 95.1 Å². The minimum absolute atomic E-state index is 0.126. The second-order valence-electron chi connectivity index (χ2n) is 6.30. The summed E-state index contributed by atoms with van der Waals surface area (Å²) < 4.78 is 11.2. The van der Waals surface area contributed by atoms with Crippen molar-refractivity contribution in [2.75, 3.05) is 7.11 Å². The molecule has 0 radical (unpaired) electrons. The van der Waals surface area contributed by atoms with E-state index in [2.05, 4.69) is 5.32 Å². The van der Waals surface area contributed by atoms with Gasteiger partial charge in [-0.1, -0.05) is 48.0 Å². The van der Waals surface area contributed by atoms with Crippen LogP contribution in [0.15, 0.2) is 72.8 Å². The molecule has 0 unspecified atom stereocenters. The first-order valence-corrected chi connectivity index (χ1v) is 8.84. The third-order valence-corrected chi connectivity index (χ3v) is 4.25. The van der Waals surface area contributed by atoms with Gasteiger partial charge in [-0.25, -0.2) is 0 Å². The molecule has 27 heavy (non-hydrogen) atoms. The quantitative estimate of drug-likeness (QED) is 0.673. The number of hydrogen-bond donors (Lipinski definition) is 1. The van der Waals surface area contributed by atoms with Gasteiger partial charge in [-0.2, -0.15) is 0 Å². The molecule has 0 saturated carbocycles. The number of rotatable bonds is 7. The van der Waals surface area contributed by atoms with Gasteiger partial charge in [0.1, 0.15) is 18.1 Å². The predicted molar refractivity (Wildman–Crippen MR) is 106 cm³/mol. The molecule has 0 aliphatic rings. The second kappa shape index (κ2) is 8.90. The summed E-state index contributed by atoms with van der Waals surface area (Å²) in [6, 6.07) is 23.0. The Bertz CT molecular complexity index is 889. The molecule has 0 saturated heterocycles. The van der Waals surface area contributed by atoms with Crippen LogP contribution in [0.25, 0.3) is 0 Å². The van der Waals surface area contributed by atoms with E-state index in [9.17, 15) is 4.79 Å². The lowest BCUT2D eigenvalue weighted by Gasteiger charge is -2.12. The molecule has 0 heterocycles. The van der Waals surface area contributed by atoms with E-state index in [-0.39, 0.29) is 5.91 Å². The van der Waals surface area contributed by atoms with Crippen molar-refractivity contribution in [2.45, 2.75) is 20.1 Å². The van der Waals surface area contributed by atoms with Crippen molar-refractivity contribution < 1.29 is 14.3 Å². The SMILES string of the molecule is COc1ccc(C(=O)NCc2ccc(C)cc2)cc1COc1ccccc1. The average molecular weight is 361 g/mol. The third kappa shape index (κ3) is 5.11. The van der Waals surface area contributed by atoms with Gasteiger partial charge >= 0.3 is 0 Å². The Morgan fingerprint density at radius 3 is 2.41 bits per heavy atom. The molecule has 0 atom stereocenters. The zero-order valence-corrected chi connectivity index (χ0v) is 15.6. The van der Waals surface area contributed by atoms with Gasteiger partial charge in [-0.3, -0.25) is 4.79 Å². The second-order valence-corrected chi connectivity index (χ2v) is 6.30. The molecular weight excluding hydrogens is 338 g/mol. The van der Waals surface area contributed by atoms with Gasteiger partial charge in [0.05, 0.1) is 7.11 Å². The van der Waals surface area contributed by atoms with Crippen LogP contribution in [-0.4, -0.2) is 13.0 Å². The first kappa shape index (κ1) is 18.5. The van der Waals surface area contributed by atoms with Gasteiger partial charge in [-0.05, 0) is 42.8 Å². The summed E-state index contributed by atoms with van der Waals surface area (Å²) in [6.07, 6.45) is 0. The average Bonchev–Trinajstić information content (AvgIpc) is 2.72. The van der Waals surface area contributed by atoms with Crippen molar-refractivity contribution in [1.29, 1.82) is 0 Å². The summed E-state index contributed by atoms with van der Waals surface area (Å²) in [6.45, 7) is 2.85. The fourth-order valence-corrected chi connectivity index (χ4v) is 2.70. The monoisotopic (exact) mass is 361 g/mol. The molecule has 0 bridgehead atoms. The molecule has 4 heteroatoms. The summed E-state index contributed by atoms with van der Waals surface area (Å²) in [7, 11) is 1.61. The zero-order valence-electron chi connectivity index (χ0n) is 15.6. The Morgan fingerprint density at radius 2 is 1.70 bits per heavy atom. The Kier molecular flexibility index (Phi) is 6.10. The van der Waals surface area contributed by atoms with Gasteiger partial charge in [0.15, 0.2) is 0 Å². The van der Waals surface area contributed by atoms with E-state index in [1.54, 1.807) is 19.2 Å². The number of aryl methyl sites for hydroxylation is 1. The Morgan fingerprint density at radius 1 is 0.963 bits per heavy atom. The van der Waals surface area contributed by atoms with Crippen molar-refractivity contribution in [3.63, 3.8) is 0 Å². The number of carbonyl (C=O) groups is 1. The maximum absolute atomic E-state index is 12.5. The summed E-state index contributed by atoms with van der Waals surface area (Å²) >= 11 is 0. The molecule has 3 aromatic rings. The first-order valence-electron chi connectivity index (χ1n) is 8.84. The molecule has 0 aliphatic carbocycles. The third-order valence-electron chi connectivity index (χ3n) is 4.25. The van der Waals surface area contributed by atoms with Crippen LogP contribution in [0.5, 0.6) is 11.5 Å². The lowest BCUT2D eigenvalue weighted by molar-refractivity contribution is 0.0950. The van der Waals surface area contributed by atoms with Gasteiger partial charge in [-0.15, -0.1) is 0 Å². The highest BCUT2D eigenvalue weighted by atomic mass is 16.5. The van der Waals surface area contributed by atoms with Crippen LogP contribution in [-0.2, 0) is 13.2 Å². The number of nitrogens with one attached hydrogen (secondary N) is 1. The molecule has 3 rings (SSSR count). The fraction of sp³-hybridized carbons (Fsp3) is 0.174. The van der Waals surface area contributed by atoms with Gasteiger partial charge in [0.25, 0.3) is 5.91 Å². The molecule has 0 fully saturated rings. The molecule has 1 N–H and O–H groups in total. The molecule has 0 aliphatic heterocycles. The number of carbonyl (C=O) groups excluding carboxylic acids is 1. The van der Waals surface area contributed by atoms with Crippen LogP contribution >= 0.6 is 0 Å². The van der Waals surface area contributed by atoms with Gasteiger partial charge in [0, 0.05) is 17.7 Å². The summed E-state index contributed by atoms with van der Waals surface area (Å²) in [5.41, 5.74) is 3.66. The first-order chi connectivity index (χ1) is 13.2. The molecular formula is C23H23NO3. The smallest absolute Gasteiger partial charge is 0.251 e. The number of benzene rings is 3. The summed E-state index contributed by atoms with van der Waals surface area (Å²) in [5, 5.41) is 2.95. The highest BCUT2D eigenvalue weighted by Crippen LogP contribution is 2.22. The Balaban J connectivity index is 1.67. The van der Waals surface area contributed by atoms with Crippen molar-refractivity contribution >= 4 is 5.91 Å². The van der Waals surface area contributed by atoms with Gasteiger partial charge in [0.2, 0.25) is 0 Å². The van der Waals surface area contributed by atoms with Crippen LogP contribution in [0.1, 0.15) is 27.0 Å². The number of hydrogen-bond acceptors (Lipinski definition) is 3. The number of methoxy groups -OCH3 is 1. The standard InChI is InChI=1S/C23H23NO3/c1-17-8-10-18(11-9-17)15-24-23(25)19-12-13-22(26-2)20(14-19)16-27-21-6-4-3-5-7-21/h3-14H,15-16H2,1-2H3,(H,24,25). The number of ether oxygens (including phenoxy) is 2. The van der Waals surface area contributed by atoms with Crippen molar-refractivity contribution in [3.8, 4) is 11.5 Å².